The number of carbonyl (C=O) groups excluding carboxylic acids is 2. The van der Waals surface area contributed by atoms with Gasteiger partial charge in [-0.2, -0.15) is 4.99 Å². The van der Waals surface area contributed by atoms with Gasteiger partial charge < -0.3 is 21.4 Å². The summed E-state index contributed by atoms with van der Waals surface area (Å²) in [5, 5.41) is 2.45. The Labute approximate surface area is 195 Å². The molecule has 1 aliphatic rings. The number of rotatable bonds is 6. The molecular weight excluding hydrogens is 434 g/mol. The smallest absolute Gasteiger partial charge is 0.284 e. The third-order valence-corrected chi connectivity index (χ3v) is 6.21. The maximum atomic E-state index is 12.9. The first-order valence-electron chi connectivity index (χ1n) is 10.8. The molecule has 0 aliphatic heterocycles. The molecule has 10 nitrogen and oxygen atoms in total. The molecule has 2 amide bonds. The van der Waals surface area contributed by atoms with Crippen LogP contribution in [-0.2, 0) is 16.8 Å². The van der Waals surface area contributed by atoms with E-state index < -0.39 is 16.9 Å². The molecule has 0 atom stereocenters. The Morgan fingerprint density at radius 1 is 1.12 bits per heavy atom. The van der Waals surface area contributed by atoms with E-state index in [9.17, 15) is 14.4 Å². The molecule has 174 valence electrons. The molecule has 0 bridgehead atoms. The van der Waals surface area contributed by atoms with Gasteiger partial charge in [-0.05, 0) is 36.1 Å². The minimum absolute atomic E-state index is 0.137. The molecule has 1 saturated carbocycles. The van der Waals surface area contributed by atoms with Crippen molar-refractivity contribution in [2.24, 2.45) is 10.7 Å². The van der Waals surface area contributed by atoms with Crippen LogP contribution < -0.4 is 22.3 Å². The van der Waals surface area contributed by atoms with Crippen LogP contribution in [0.15, 0.2) is 64.8 Å². The molecule has 1 fully saturated rings. The molecule has 0 unspecified atom stereocenters. The maximum Gasteiger partial charge on any atom is 0.284 e. The highest BCUT2D eigenvalue weighted by Gasteiger charge is 2.43. The van der Waals surface area contributed by atoms with Crippen molar-refractivity contribution in [2.75, 3.05) is 12.8 Å². The molecule has 2 heterocycles. The quantitative estimate of drug-likeness (QED) is 0.369. The van der Waals surface area contributed by atoms with E-state index in [1.54, 1.807) is 12.4 Å². The topological polar surface area (TPSA) is 158 Å². The predicted molar refractivity (Wildman–Crippen MR) is 128 cm³/mol. The van der Waals surface area contributed by atoms with Crippen molar-refractivity contribution in [3.05, 3.63) is 76.5 Å². The van der Waals surface area contributed by atoms with Gasteiger partial charge in [0.1, 0.15) is 17.9 Å². The first-order valence-corrected chi connectivity index (χ1v) is 10.8. The molecule has 34 heavy (non-hydrogen) atoms. The zero-order chi connectivity index (χ0) is 24.3. The SMILES string of the molecule is CNC(=O)Cn1cccc(C(=O)N=C(N)C2(c3ccc(-c4cnc(N)nc4)cc3)CCC2)c1=O. The lowest BCUT2D eigenvalue weighted by atomic mass is 9.63. The van der Waals surface area contributed by atoms with Crippen molar-refractivity contribution in [2.45, 2.75) is 31.2 Å². The molecule has 0 saturated heterocycles. The highest BCUT2D eigenvalue weighted by atomic mass is 16.2. The largest absolute Gasteiger partial charge is 0.386 e. The Hall–Kier alpha value is -4.34. The Bertz CT molecular complexity index is 1310. The number of hydrogen-bond donors (Lipinski definition) is 3. The fraction of sp³-hybridized carbons (Fsp3) is 0.250. The molecule has 1 aromatic carbocycles. The number of amides is 2. The predicted octanol–water partition coefficient (Wildman–Crippen LogP) is 1.25. The lowest BCUT2D eigenvalue weighted by Crippen LogP contribution is -2.47. The Morgan fingerprint density at radius 2 is 1.79 bits per heavy atom. The Balaban J connectivity index is 1.60. The lowest BCUT2D eigenvalue weighted by Gasteiger charge is -2.41. The number of nitrogens with zero attached hydrogens (tertiary/aromatic N) is 4. The summed E-state index contributed by atoms with van der Waals surface area (Å²) >= 11 is 0. The van der Waals surface area contributed by atoms with E-state index in [0.29, 0.717) is 0 Å². The summed E-state index contributed by atoms with van der Waals surface area (Å²) in [5.41, 5.74) is 13.3. The summed E-state index contributed by atoms with van der Waals surface area (Å²) in [6.07, 6.45) is 7.19. The van der Waals surface area contributed by atoms with Crippen molar-refractivity contribution in [3.8, 4) is 11.1 Å². The number of anilines is 1. The molecule has 4 rings (SSSR count). The van der Waals surface area contributed by atoms with Crippen LogP contribution in [0.4, 0.5) is 5.95 Å². The molecule has 5 N–H and O–H groups in total. The summed E-state index contributed by atoms with van der Waals surface area (Å²) in [5.74, 6) is -0.692. The van der Waals surface area contributed by atoms with Crippen molar-refractivity contribution < 1.29 is 9.59 Å². The van der Waals surface area contributed by atoms with E-state index in [1.165, 1.54) is 25.4 Å². The zero-order valence-corrected chi connectivity index (χ0v) is 18.7. The number of likely N-dealkylation sites (N-methyl/N-ethyl adjacent to an activating group) is 1. The molecule has 10 heteroatoms. The molecule has 1 aliphatic carbocycles. The monoisotopic (exact) mass is 459 g/mol. The zero-order valence-electron chi connectivity index (χ0n) is 18.7. The number of pyridine rings is 1. The second-order valence-electron chi connectivity index (χ2n) is 8.17. The van der Waals surface area contributed by atoms with Gasteiger partial charge in [-0.1, -0.05) is 30.7 Å². The van der Waals surface area contributed by atoms with Gasteiger partial charge in [-0.15, -0.1) is 0 Å². The number of nitrogens with one attached hydrogen (secondary N) is 1. The van der Waals surface area contributed by atoms with Gasteiger partial charge in [0, 0.05) is 31.2 Å². The number of nitrogens with two attached hydrogens (primary N) is 2. The number of aromatic nitrogens is 3. The number of amidine groups is 1. The normalized spacial score (nSPS) is 14.8. The van der Waals surface area contributed by atoms with E-state index in [4.69, 9.17) is 11.5 Å². The first-order chi connectivity index (χ1) is 16.3. The van der Waals surface area contributed by atoms with E-state index in [0.717, 1.165) is 40.5 Å². The Morgan fingerprint density at radius 3 is 2.38 bits per heavy atom. The first kappa shape index (κ1) is 22.8. The summed E-state index contributed by atoms with van der Waals surface area (Å²) < 4.78 is 1.16. The number of nitrogen functional groups attached to an aromatic ring is 1. The molecule has 3 aromatic rings. The van der Waals surface area contributed by atoms with Crippen LogP contribution in [0.25, 0.3) is 11.1 Å². The summed E-state index contributed by atoms with van der Waals surface area (Å²) in [4.78, 5) is 49.3. The molecular formula is C24H25N7O3. The number of hydrogen-bond acceptors (Lipinski definition) is 6. The van der Waals surface area contributed by atoms with E-state index in [-0.39, 0.29) is 29.8 Å². The lowest BCUT2D eigenvalue weighted by molar-refractivity contribution is -0.121. The van der Waals surface area contributed by atoms with Crippen LogP contribution in [0.2, 0.25) is 0 Å². The van der Waals surface area contributed by atoms with Crippen LogP contribution in [0.1, 0.15) is 35.2 Å². The highest BCUT2D eigenvalue weighted by molar-refractivity contribution is 6.06. The highest BCUT2D eigenvalue weighted by Crippen LogP contribution is 2.44. The average Bonchev–Trinajstić information content (AvgIpc) is 2.80. The van der Waals surface area contributed by atoms with Gasteiger partial charge in [0.15, 0.2) is 0 Å². The summed E-state index contributed by atoms with van der Waals surface area (Å²) in [7, 11) is 1.47. The van der Waals surface area contributed by atoms with Gasteiger partial charge >= 0.3 is 0 Å². The van der Waals surface area contributed by atoms with Crippen molar-refractivity contribution >= 4 is 23.6 Å². The molecule has 0 spiro atoms. The number of benzene rings is 1. The van der Waals surface area contributed by atoms with Crippen LogP contribution in [0.3, 0.4) is 0 Å². The van der Waals surface area contributed by atoms with Crippen LogP contribution in [0, 0.1) is 0 Å². The van der Waals surface area contributed by atoms with Crippen LogP contribution >= 0.6 is 0 Å². The third kappa shape index (κ3) is 4.29. The standard InChI is InChI=1S/C24H25N7O3/c1-27-19(32)14-31-11-2-4-18(21(31)34)20(33)30-22(25)24(9-3-10-24)17-7-5-15(6-8-17)16-12-28-23(26)29-13-16/h2,4-8,11-13H,3,9-10,14H2,1H3,(H,27,32)(H2,25,30,33)(H2,26,28,29). The molecule has 2 aromatic heterocycles. The van der Waals surface area contributed by atoms with Gasteiger partial charge in [0.25, 0.3) is 11.5 Å². The minimum Gasteiger partial charge on any atom is -0.386 e. The summed E-state index contributed by atoms with van der Waals surface area (Å²) in [6.45, 7) is -0.190. The fourth-order valence-electron chi connectivity index (χ4n) is 4.03. The van der Waals surface area contributed by atoms with Crippen molar-refractivity contribution in [1.29, 1.82) is 0 Å². The van der Waals surface area contributed by atoms with E-state index >= 15 is 0 Å². The van der Waals surface area contributed by atoms with Crippen LogP contribution in [-0.4, -0.2) is 39.2 Å². The minimum atomic E-state index is -0.726. The van der Waals surface area contributed by atoms with Crippen molar-refractivity contribution in [1.82, 2.24) is 19.9 Å². The van der Waals surface area contributed by atoms with Crippen molar-refractivity contribution in [3.63, 3.8) is 0 Å². The third-order valence-electron chi connectivity index (χ3n) is 6.21. The Kier molecular flexibility index (Phi) is 6.22. The van der Waals surface area contributed by atoms with Gasteiger partial charge in [-0.3, -0.25) is 14.4 Å². The second kappa shape index (κ2) is 9.26. The van der Waals surface area contributed by atoms with Gasteiger partial charge in [0.05, 0.1) is 5.41 Å². The molecule has 0 radical (unpaired) electrons. The average molecular weight is 460 g/mol. The second-order valence-corrected chi connectivity index (χ2v) is 8.17. The fourth-order valence-corrected chi connectivity index (χ4v) is 4.03. The van der Waals surface area contributed by atoms with E-state index in [2.05, 4.69) is 20.3 Å². The number of aliphatic imine (C=N–C) groups is 1. The number of carbonyl (C=O) groups is 2. The van der Waals surface area contributed by atoms with E-state index in [1.807, 2.05) is 24.3 Å². The van der Waals surface area contributed by atoms with Crippen LogP contribution in [0.5, 0.6) is 0 Å². The maximum absolute atomic E-state index is 12.9. The van der Waals surface area contributed by atoms with Gasteiger partial charge in [0.2, 0.25) is 11.9 Å². The van der Waals surface area contributed by atoms with Gasteiger partial charge in [-0.25, -0.2) is 9.97 Å². The summed E-state index contributed by atoms with van der Waals surface area (Å²) in [6, 6.07) is 10.7.